The standard InChI is InChI=1S/C35H53IO7/c1-6-11-16-37-27-23-28(38-17-12-7-2)33(36)29(24-27)43-34(32-25-42-32)26-21-30(39-18-13-8-3)35(41-20-15-10-5)31(22-26)40-19-14-9-4/h21-24,32,34H,6-20,25H2,1-5H3/t32-,34+/m1/s1. The summed E-state index contributed by atoms with van der Waals surface area (Å²) in [5, 5.41) is 0. The fourth-order valence-corrected chi connectivity index (χ4v) is 4.89. The summed E-state index contributed by atoms with van der Waals surface area (Å²) in [7, 11) is 0. The summed E-state index contributed by atoms with van der Waals surface area (Å²) in [4.78, 5) is 0. The van der Waals surface area contributed by atoms with Crippen molar-refractivity contribution in [2.24, 2.45) is 0 Å². The van der Waals surface area contributed by atoms with Crippen molar-refractivity contribution in [3.8, 4) is 34.5 Å². The van der Waals surface area contributed by atoms with Crippen molar-refractivity contribution in [3.63, 3.8) is 0 Å². The van der Waals surface area contributed by atoms with E-state index in [1.807, 2.05) is 24.3 Å². The molecule has 0 amide bonds. The minimum Gasteiger partial charge on any atom is -0.493 e. The van der Waals surface area contributed by atoms with Crippen LogP contribution in [0.15, 0.2) is 24.3 Å². The van der Waals surface area contributed by atoms with E-state index in [0.29, 0.717) is 62.6 Å². The van der Waals surface area contributed by atoms with Gasteiger partial charge in [-0.05, 0) is 66.8 Å². The second-order valence-corrected chi connectivity index (χ2v) is 12.1. The first-order valence-corrected chi connectivity index (χ1v) is 17.6. The Morgan fingerprint density at radius 3 is 1.56 bits per heavy atom. The highest BCUT2D eigenvalue weighted by Crippen LogP contribution is 2.45. The lowest BCUT2D eigenvalue weighted by Gasteiger charge is -2.24. The first kappa shape index (κ1) is 35.4. The molecule has 2 aromatic rings. The highest BCUT2D eigenvalue weighted by atomic mass is 127. The first-order valence-electron chi connectivity index (χ1n) is 16.5. The fourth-order valence-electron chi connectivity index (χ4n) is 4.30. The van der Waals surface area contributed by atoms with Crippen LogP contribution in [-0.4, -0.2) is 45.7 Å². The van der Waals surface area contributed by atoms with Crippen LogP contribution in [0.5, 0.6) is 34.5 Å². The molecule has 1 aliphatic rings. The molecule has 0 aliphatic carbocycles. The minimum absolute atomic E-state index is 0.0798. The highest BCUT2D eigenvalue weighted by Gasteiger charge is 2.38. The van der Waals surface area contributed by atoms with E-state index in [4.69, 9.17) is 33.2 Å². The monoisotopic (exact) mass is 712 g/mol. The fraction of sp³-hybridized carbons (Fsp3) is 0.657. The topological polar surface area (TPSA) is 67.9 Å². The third-order valence-electron chi connectivity index (χ3n) is 7.08. The molecule has 2 aromatic carbocycles. The third kappa shape index (κ3) is 11.7. The van der Waals surface area contributed by atoms with Gasteiger partial charge < -0.3 is 33.2 Å². The molecule has 0 bridgehead atoms. The summed E-state index contributed by atoms with van der Waals surface area (Å²) < 4.78 is 44.8. The highest BCUT2D eigenvalue weighted by molar-refractivity contribution is 14.1. The summed E-state index contributed by atoms with van der Waals surface area (Å²) in [6.45, 7) is 14.6. The zero-order valence-corrected chi connectivity index (χ0v) is 29.2. The van der Waals surface area contributed by atoms with E-state index in [-0.39, 0.29) is 12.2 Å². The lowest BCUT2D eigenvalue weighted by atomic mass is 10.0. The van der Waals surface area contributed by atoms with E-state index in [2.05, 4.69) is 57.2 Å². The SMILES string of the molecule is CCCCOc1cc(OCCCC)c(I)c(O[C@@H](c2cc(OCCCC)c(OCCCC)c(OCCCC)c2)[C@H]2CO2)c1. The molecule has 0 radical (unpaired) electrons. The average molecular weight is 713 g/mol. The van der Waals surface area contributed by atoms with Gasteiger partial charge in [0, 0.05) is 17.7 Å². The van der Waals surface area contributed by atoms with E-state index in [1.165, 1.54) is 0 Å². The average Bonchev–Trinajstić information content (AvgIpc) is 3.85. The summed E-state index contributed by atoms with van der Waals surface area (Å²) in [6.07, 6.45) is 9.68. The van der Waals surface area contributed by atoms with Gasteiger partial charge in [-0.1, -0.05) is 66.7 Å². The van der Waals surface area contributed by atoms with Gasteiger partial charge in [-0.15, -0.1) is 0 Å². The van der Waals surface area contributed by atoms with E-state index in [9.17, 15) is 0 Å². The molecule has 1 aliphatic heterocycles. The minimum atomic E-state index is -0.366. The Labute approximate surface area is 273 Å². The molecule has 7 nitrogen and oxygen atoms in total. The Morgan fingerprint density at radius 2 is 1.07 bits per heavy atom. The molecule has 1 heterocycles. The van der Waals surface area contributed by atoms with E-state index >= 15 is 0 Å². The number of hydrogen-bond acceptors (Lipinski definition) is 7. The van der Waals surface area contributed by atoms with Gasteiger partial charge >= 0.3 is 0 Å². The number of unbranched alkanes of at least 4 members (excludes halogenated alkanes) is 5. The lowest BCUT2D eigenvalue weighted by Crippen LogP contribution is -2.16. The number of benzene rings is 2. The molecule has 3 rings (SSSR count). The number of halogens is 1. The van der Waals surface area contributed by atoms with Crippen LogP contribution in [0.3, 0.4) is 0 Å². The Kier molecular flexibility index (Phi) is 16.5. The predicted molar refractivity (Wildman–Crippen MR) is 181 cm³/mol. The largest absolute Gasteiger partial charge is 0.493 e. The molecule has 0 aromatic heterocycles. The van der Waals surface area contributed by atoms with Crippen LogP contribution >= 0.6 is 22.6 Å². The molecule has 242 valence electrons. The van der Waals surface area contributed by atoms with Crippen LogP contribution < -0.4 is 28.4 Å². The van der Waals surface area contributed by atoms with E-state index in [1.54, 1.807) is 0 Å². The van der Waals surface area contributed by atoms with Gasteiger partial charge in [0.05, 0.1) is 43.2 Å². The molecular weight excluding hydrogens is 659 g/mol. The third-order valence-corrected chi connectivity index (χ3v) is 8.14. The molecule has 43 heavy (non-hydrogen) atoms. The van der Waals surface area contributed by atoms with E-state index in [0.717, 1.165) is 84.8 Å². The molecule has 1 fully saturated rings. The second-order valence-electron chi connectivity index (χ2n) is 11.0. The lowest BCUT2D eigenvalue weighted by molar-refractivity contribution is 0.156. The number of epoxide rings is 1. The van der Waals surface area contributed by atoms with Crippen molar-refractivity contribution in [1.29, 1.82) is 0 Å². The maximum Gasteiger partial charge on any atom is 0.203 e. The van der Waals surface area contributed by atoms with Gasteiger partial charge in [-0.3, -0.25) is 0 Å². The van der Waals surface area contributed by atoms with Crippen LogP contribution in [0.25, 0.3) is 0 Å². The van der Waals surface area contributed by atoms with Gasteiger partial charge in [0.1, 0.15) is 23.4 Å². The van der Waals surface area contributed by atoms with Crippen LogP contribution in [0, 0.1) is 3.57 Å². The number of ether oxygens (including phenoxy) is 7. The molecule has 0 spiro atoms. The summed E-state index contributed by atoms with van der Waals surface area (Å²) >= 11 is 2.32. The molecule has 1 saturated heterocycles. The number of rotatable bonds is 24. The van der Waals surface area contributed by atoms with E-state index < -0.39 is 0 Å². The van der Waals surface area contributed by atoms with Crippen LogP contribution in [0.1, 0.15) is 110 Å². The van der Waals surface area contributed by atoms with Gasteiger partial charge in [0.15, 0.2) is 17.6 Å². The van der Waals surface area contributed by atoms with Crippen LogP contribution in [0.4, 0.5) is 0 Å². The van der Waals surface area contributed by atoms with Crippen molar-refractivity contribution in [3.05, 3.63) is 33.4 Å². The normalized spacial score (nSPS) is 14.7. The zero-order valence-electron chi connectivity index (χ0n) is 27.0. The Morgan fingerprint density at radius 1 is 0.628 bits per heavy atom. The zero-order chi connectivity index (χ0) is 30.9. The van der Waals surface area contributed by atoms with Crippen molar-refractivity contribution in [1.82, 2.24) is 0 Å². The first-order chi connectivity index (χ1) is 21.1. The molecule has 2 atom stereocenters. The van der Waals surface area contributed by atoms with Gasteiger partial charge in [0.2, 0.25) is 5.75 Å². The summed E-state index contributed by atoms with van der Waals surface area (Å²) in [5.41, 5.74) is 0.935. The van der Waals surface area contributed by atoms with Crippen molar-refractivity contribution in [2.75, 3.05) is 39.6 Å². The number of hydrogen-bond donors (Lipinski definition) is 0. The quantitative estimate of drug-likeness (QED) is 0.0610. The molecule has 8 heteroatoms. The predicted octanol–water partition coefficient (Wildman–Crippen LogP) is 9.70. The van der Waals surface area contributed by atoms with Crippen LogP contribution in [-0.2, 0) is 4.74 Å². The molecule has 0 saturated carbocycles. The Hall–Kier alpha value is -2.07. The maximum absolute atomic E-state index is 6.80. The smallest absolute Gasteiger partial charge is 0.203 e. The van der Waals surface area contributed by atoms with Crippen LogP contribution in [0.2, 0.25) is 0 Å². The molecule has 0 unspecified atom stereocenters. The maximum atomic E-state index is 6.80. The Bertz CT molecular complexity index is 1040. The summed E-state index contributed by atoms with van der Waals surface area (Å²) in [6, 6.07) is 8.04. The van der Waals surface area contributed by atoms with Crippen molar-refractivity contribution < 1.29 is 33.2 Å². The second kappa shape index (κ2) is 20.1. The Balaban J connectivity index is 2.00. The van der Waals surface area contributed by atoms with Crippen molar-refractivity contribution >= 4 is 22.6 Å². The van der Waals surface area contributed by atoms with Gasteiger partial charge in [0.25, 0.3) is 0 Å². The molecule has 0 N–H and O–H groups in total. The van der Waals surface area contributed by atoms with Gasteiger partial charge in [-0.2, -0.15) is 0 Å². The van der Waals surface area contributed by atoms with Gasteiger partial charge in [-0.25, -0.2) is 0 Å². The van der Waals surface area contributed by atoms with Crippen molar-refractivity contribution in [2.45, 2.75) is 111 Å². The molecular formula is C35H53IO7. The summed E-state index contributed by atoms with van der Waals surface area (Å²) in [5.74, 6) is 4.30.